The molecule has 100 valence electrons. The van der Waals surface area contributed by atoms with Gasteiger partial charge >= 0.3 is 0 Å². The molecule has 0 aromatic rings. The molecule has 4 atom stereocenters. The zero-order valence-corrected chi connectivity index (χ0v) is 11.1. The lowest BCUT2D eigenvalue weighted by molar-refractivity contribution is -0.540. The van der Waals surface area contributed by atoms with Crippen LogP contribution in [-0.4, -0.2) is 37.4 Å². The van der Waals surface area contributed by atoms with Crippen LogP contribution >= 0.6 is 0 Å². The molecule has 1 aliphatic rings. The summed E-state index contributed by atoms with van der Waals surface area (Å²) in [6.45, 7) is 4.20. The number of methoxy groups -OCH3 is 2. The maximum atomic E-state index is 11.1. The molecule has 1 rings (SSSR count). The Bertz CT molecular complexity index is 257. The van der Waals surface area contributed by atoms with E-state index in [-0.39, 0.29) is 23.0 Å². The molecule has 0 saturated heterocycles. The average Bonchev–Trinajstić information content (AvgIpc) is 2.27. The van der Waals surface area contributed by atoms with Gasteiger partial charge in [0.2, 0.25) is 6.04 Å². The molecule has 0 N–H and O–H groups in total. The van der Waals surface area contributed by atoms with E-state index in [1.54, 1.807) is 14.2 Å². The highest BCUT2D eigenvalue weighted by Crippen LogP contribution is 2.34. The van der Waals surface area contributed by atoms with Gasteiger partial charge in [-0.05, 0) is 18.8 Å². The van der Waals surface area contributed by atoms with Crippen LogP contribution in [0.4, 0.5) is 0 Å². The van der Waals surface area contributed by atoms with E-state index in [2.05, 4.69) is 13.8 Å². The number of nitro groups is 1. The van der Waals surface area contributed by atoms with Crippen molar-refractivity contribution in [1.29, 1.82) is 0 Å². The fraction of sp³-hybridized carbons (Fsp3) is 1.00. The Morgan fingerprint density at radius 1 is 1.24 bits per heavy atom. The van der Waals surface area contributed by atoms with Gasteiger partial charge in [0.1, 0.15) is 0 Å². The lowest BCUT2D eigenvalue weighted by Gasteiger charge is -2.36. The number of ether oxygens (including phenoxy) is 2. The van der Waals surface area contributed by atoms with Gasteiger partial charge < -0.3 is 9.47 Å². The molecule has 0 radical (unpaired) electrons. The van der Waals surface area contributed by atoms with E-state index in [0.29, 0.717) is 12.3 Å². The SMILES string of the molecule is COC1CC(CC(C)C)C([N+](=O)[O-])CC1OC. The van der Waals surface area contributed by atoms with Gasteiger partial charge in [0, 0.05) is 31.5 Å². The van der Waals surface area contributed by atoms with Crippen LogP contribution in [0.2, 0.25) is 0 Å². The number of nitrogens with zero attached hydrogens (tertiary/aromatic N) is 1. The van der Waals surface area contributed by atoms with Crippen LogP contribution in [0.5, 0.6) is 0 Å². The summed E-state index contributed by atoms with van der Waals surface area (Å²) in [5, 5.41) is 11.1. The molecule has 0 aromatic heterocycles. The minimum absolute atomic E-state index is 0.0139. The fourth-order valence-corrected chi connectivity index (χ4v) is 2.80. The molecule has 17 heavy (non-hydrogen) atoms. The zero-order chi connectivity index (χ0) is 13.0. The fourth-order valence-electron chi connectivity index (χ4n) is 2.80. The van der Waals surface area contributed by atoms with Crippen LogP contribution in [0.1, 0.15) is 33.1 Å². The molecule has 1 fully saturated rings. The summed E-state index contributed by atoms with van der Waals surface area (Å²) in [5.74, 6) is 0.570. The van der Waals surface area contributed by atoms with Crippen LogP contribution in [0.3, 0.4) is 0 Å². The first-order chi connectivity index (χ1) is 7.99. The Kier molecular flexibility index (Phi) is 5.33. The third kappa shape index (κ3) is 3.64. The molecule has 0 spiro atoms. The molecular weight excluding hydrogens is 222 g/mol. The van der Waals surface area contributed by atoms with Gasteiger partial charge in [-0.25, -0.2) is 0 Å². The number of hydrogen-bond donors (Lipinski definition) is 0. The van der Waals surface area contributed by atoms with Gasteiger partial charge in [0.05, 0.1) is 12.2 Å². The highest BCUT2D eigenvalue weighted by molar-refractivity contribution is 4.88. The maximum absolute atomic E-state index is 11.1. The van der Waals surface area contributed by atoms with Gasteiger partial charge in [0.15, 0.2) is 0 Å². The van der Waals surface area contributed by atoms with E-state index in [9.17, 15) is 10.1 Å². The number of hydrogen-bond acceptors (Lipinski definition) is 4. The normalized spacial score (nSPS) is 33.9. The Morgan fingerprint density at radius 2 is 1.76 bits per heavy atom. The second kappa shape index (κ2) is 6.31. The first kappa shape index (κ1) is 14.4. The molecule has 0 amide bonds. The zero-order valence-electron chi connectivity index (χ0n) is 11.1. The summed E-state index contributed by atoms with van der Waals surface area (Å²) < 4.78 is 10.7. The molecule has 1 saturated carbocycles. The Morgan fingerprint density at radius 3 is 2.18 bits per heavy atom. The van der Waals surface area contributed by atoms with Gasteiger partial charge in [-0.2, -0.15) is 0 Å². The third-order valence-electron chi connectivity index (χ3n) is 3.62. The molecule has 1 aliphatic carbocycles. The quantitative estimate of drug-likeness (QED) is 0.550. The third-order valence-corrected chi connectivity index (χ3v) is 3.62. The van der Waals surface area contributed by atoms with Crippen LogP contribution < -0.4 is 0 Å². The summed E-state index contributed by atoms with van der Waals surface area (Å²) in [6.07, 6.45) is 1.89. The molecular formula is C12H23NO4. The van der Waals surface area contributed by atoms with Gasteiger partial charge in [-0.15, -0.1) is 0 Å². The maximum Gasteiger partial charge on any atom is 0.218 e. The van der Waals surface area contributed by atoms with Crippen molar-refractivity contribution < 1.29 is 14.4 Å². The molecule has 5 heteroatoms. The summed E-state index contributed by atoms with van der Waals surface area (Å²) in [4.78, 5) is 11.0. The topological polar surface area (TPSA) is 61.6 Å². The Balaban J connectivity index is 2.75. The summed E-state index contributed by atoms with van der Waals surface area (Å²) >= 11 is 0. The van der Waals surface area contributed by atoms with Crippen molar-refractivity contribution in [3.8, 4) is 0 Å². The lowest BCUT2D eigenvalue weighted by Crippen LogP contribution is -2.47. The highest BCUT2D eigenvalue weighted by atomic mass is 16.6. The monoisotopic (exact) mass is 245 g/mol. The second-order valence-corrected chi connectivity index (χ2v) is 5.26. The highest BCUT2D eigenvalue weighted by Gasteiger charge is 2.43. The smallest absolute Gasteiger partial charge is 0.218 e. The van der Waals surface area contributed by atoms with Crippen molar-refractivity contribution in [3.05, 3.63) is 10.1 Å². The minimum Gasteiger partial charge on any atom is -0.379 e. The first-order valence-electron chi connectivity index (χ1n) is 6.18. The van der Waals surface area contributed by atoms with Crippen molar-refractivity contribution in [1.82, 2.24) is 0 Å². The van der Waals surface area contributed by atoms with Gasteiger partial charge in [-0.1, -0.05) is 13.8 Å². The van der Waals surface area contributed by atoms with Crippen LogP contribution in [-0.2, 0) is 9.47 Å². The minimum atomic E-state index is -0.492. The van der Waals surface area contributed by atoms with E-state index in [4.69, 9.17) is 9.47 Å². The van der Waals surface area contributed by atoms with Crippen molar-refractivity contribution in [2.75, 3.05) is 14.2 Å². The van der Waals surface area contributed by atoms with Crippen LogP contribution in [0, 0.1) is 22.0 Å². The van der Waals surface area contributed by atoms with E-state index in [1.807, 2.05) is 0 Å². The molecule has 0 aliphatic heterocycles. The first-order valence-corrected chi connectivity index (χ1v) is 6.18. The van der Waals surface area contributed by atoms with Gasteiger partial charge in [0.25, 0.3) is 0 Å². The number of rotatable bonds is 5. The summed E-state index contributed by atoms with van der Waals surface area (Å²) in [6, 6.07) is -0.492. The predicted molar refractivity (Wildman–Crippen MR) is 64.6 cm³/mol. The molecule has 0 bridgehead atoms. The van der Waals surface area contributed by atoms with E-state index < -0.39 is 6.04 Å². The molecule has 0 aromatic carbocycles. The van der Waals surface area contributed by atoms with Crippen LogP contribution in [0.15, 0.2) is 0 Å². The summed E-state index contributed by atoms with van der Waals surface area (Å²) in [7, 11) is 3.24. The average molecular weight is 245 g/mol. The predicted octanol–water partition coefficient (Wildman–Crippen LogP) is 2.12. The van der Waals surface area contributed by atoms with Crippen molar-refractivity contribution in [2.24, 2.45) is 11.8 Å². The van der Waals surface area contributed by atoms with Crippen molar-refractivity contribution in [2.45, 2.75) is 51.4 Å². The molecule has 5 nitrogen and oxygen atoms in total. The van der Waals surface area contributed by atoms with Gasteiger partial charge in [-0.3, -0.25) is 10.1 Å². The molecule has 4 unspecified atom stereocenters. The van der Waals surface area contributed by atoms with Crippen molar-refractivity contribution in [3.63, 3.8) is 0 Å². The standard InChI is InChI=1S/C12H23NO4/c1-8(2)5-9-6-11(16-3)12(17-4)7-10(9)13(14)15/h8-12H,5-7H2,1-4H3. The second-order valence-electron chi connectivity index (χ2n) is 5.26. The summed E-state index contributed by atoms with van der Waals surface area (Å²) in [5.41, 5.74) is 0. The Hall–Kier alpha value is -0.680. The van der Waals surface area contributed by atoms with Crippen LogP contribution in [0.25, 0.3) is 0 Å². The van der Waals surface area contributed by atoms with E-state index >= 15 is 0 Å². The molecule has 0 heterocycles. The largest absolute Gasteiger partial charge is 0.379 e. The Labute approximate surface area is 103 Å². The van der Waals surface area contributed by atoms with E-state index in [1.165, 1.54) is 0 Å². The lowest BCUT2D eigenvalue weighted by atomic mass is 9.77. The van der Waals surface area contributed by atoms with Crippen molar-refractivity contribution >= 4 is 0 Å². The van der Waals surface area contributed by atoms with E-state index in [0.717, 1.165) is 12.8 Å².